The molecular weight excluding hydrogens is 446 g/mol. The van der Waals surface area contributed by atoms with E-state index in [1.54, 1.807) is 28.4 Å². The number of hydrogen-bond donors (Lipinski definition) is 1. The second-order valence-electron chi connectivity index (χ2n) is 8.35. The zero-order valence-corrected chi connectivity index (χ0v) is 20.5. The highest BCUT2D eigenvalue weighted by Gasteiger charge is 2.37. The fourth-order valence-corrected chi connectivity index (χ4v) is 4.60. The SMILES string of the molecule is COc1ccc(/C=C2/CN(C)CC3=C2OC(N)=C(C#N)[C@@H]3c2ccc(OC)c(OC)c2)cc1OC. The molecule has 0 aromatic heterocycles. The monoisotopic (exact) mass is 475 g/mol. The first-order chi connectivity index (χ1) is 16.9. The largest absolute Gasteiger partial charge is 0.493 e. The molecule has 0 aliphatic carbocycles. The minimum atomic E-state index is -0.375. The third-order valence-electron chi connectivity index (χ3n) is 6.19. The Labute approximate surface area is 205 Å². The molecule has 0 saturated heterocycles. The first-order valence-corrected chi connectivity index (χ1v) is 11.1. The fourth-order valence-electron chi connectivity index (χ4n) is 4.60. The lowest BCUT2D eigenvalue weighted by atomic mass is 9.80. The highest BCUT2D eigenvalue weighted by molar-refractivity contribution is 5.65. The van der Waals surface area contributed by atoms with Crippen LogP contribution < -0.4 is 24.7 Å². The van der Waals surface area contributed by atoms with Gasteiger partial charge in [-0.25, -0.2) is 0 Å². The van der Waals surface area contributed by atoms with Gasteiger partial charge in [0.05, 0.1) is 34.4 Å². The first kappa shape index (κ1) is 24.0. The Bertz CT molecular complexity index is 1270. The Morgan fingerprint density at radius 2 is 1.57 bits per heavy atom. The quantitative estimate of drug-likeness (QED) is 0.673. The molecule has 2 aliphatic rings. The fraction of sp³-hybridized carbons (Fsp3) is 0.296. The van der Waals surface area contributed by atoms with E-state index < -0.39 is 0 Å². The average Bonchev–Trinajstić information content (AvgIpc) is 2.87. The molecule has 2 aliphatic heterocycles. The molecule has 4 rings (SSSR count). The van der Waals surface area contributed by atoms with Crippen molar-refractivity contribution < 1.29 is 23.7 Å². The van der Waals surface area contributed by atoms with Gasteiger partial charge in [-0.3, -0.25) is 4.90 Å². The predicted molar refractivity (Wildman–Crippen MR) is 132 cm³/mol. The molecular formula is C27H29N3O5. The van der Waals surface area contributed by atoms with E-state index in [1.165, 1.54) is 0 Å². The molecule has 35 heavy (non-hydrogen) atoms. The van der Waals surface area contributed by atoms with Crippen LogP contribution in [0.25, 0.3) is 6.08 Å². The van der Waals surface area contributed by atoms with Crippen molar-refractivity contribution in [1.29, 1.82) is 5.26 Å². The van der Waals surface area contributed by atoms with Gasteiger partial charge >= 0.3 is 0 Å². The van der Waals surface area contributed by atoms with Gasteiger partial charge in [0.2, 0.25) is 5.88 Å². The van der Waals surface area contributed by atoms with Crippen LogP contribution in [0.2, 0.25) is 0 Å². The molecule has 0 bridgehead atoms. The molecule has 0 spiro atoms. The van der Waals surface area contributed by atoms with E-state index >= 15 is 0 Å². The summed E-state index contributed by atoms with van der Waals surface area (Å²) in [5.41, 5.74) is 10.4. The maximum Gasteiger partial charge on any atom is 0.205 e. The Morgan fingerprint density at radius 1 is 0.943 bits per heavy atom. The molecule has 2 aromatic rings. The highest BCUT2D eigenvalue weighted by Crippen LogP contribution is 2.45. The minimum absolute atomic E-state index is 0.105. The highest BCUT2D eigenvalue weighted by atomic mass is 16.5. The first-order valence-electron chi connectivity index (χ1n) is 11.1. The van der Waals surface area contributed by atoms with Crippen molar-refractivity contribution >= 4 is 6.08 Å². The van der Waals surface area contributed by atoms with E-state index in [-0.39, 0.29) is 11.8 Å². The van der Waals surface area contributed by atoms with E-state index in [4.69, 9.17) is 29.4 Å². The lowest BCUT2D eigenvalue weighted by Crippen LogP contribution is -2.35. The number of nitrogens with two attached hydrogens (primary N) is 1. The van der Waals surface area contributed by atoms with Gasteiger partial charge in [-0.1, -0.05) is 12.1 Å². The summed E-state index contributed by atoms with van der Waals surface area (Å²) in [6.45, 7) is 1.27. The van der Waals surface area contributed by atoms with Gasteiger partial charge in [0.15, 0.2) is 23.0 Å². The third-order valence-corrected chi connectivity index (χ3v) is 6.19. The number of rotatable bonds is 6. The number of hydrogen-bond acceptors (Lipinski definition) is 8. The lowest BCUT2D eigenvalue weighted by molar-refractivity contribution is 0.251. The molecule has 2 N–H and O–H groups in total. The maximum absolute atomic E-state index is 9.98. The zero-order chi connectivity index (χ0) is 25.1. The summed E-state index contributed by atoms with van der Waals surface area (Å²) in [7, 11) is 8.42. The Hall–Kier alpha value is -4.09. The van der Waals surface area contributed by atoms with Crippen LogP contribution in [-0.2, 0) is 4.74 Å². The maximum atomic E-state index is 9.98. The van der Waals surface area contributed by atoms with Crippen molar-refractivity contribution in [3.63, 3.8) is 0 Å². The molecule has 0 unspecified atom stereocenters. The van der Waals surface area contributed by atoms with Crippen molar-refractivity contribution in [2.45, 2.75) is 5.92 Å². The minimum Gasteiger partial charge on any atom is -0.493 e. The van der Waals surface area contributed by atoms with Gasteiger partial charge in [0.1, 0.15) is 17.4 Å². The van der Waals surface area contributed by atoms with Crippen LogP contribution >= 0.6 is 0 Å². The van der Waals surface area contributed by atoms with Crippen LogP contribution in [0.1, 0.15) is 17.0 Å². The zero-order valence-electron chi connectivity index (χ0n) is 20.5. The molecule has 2 aromatic carbocycles. The van der Waals surface area contributed by atoms with Crippen LogP contribution in [0.4, 0.5) is 0 Å². The summed E-state index contributed by atoms with van der Waals surface area (Å²) in [6, 6.07) is 13.6. The molecule has 182 valence electrons. The van der Waals surface area contributed by atoms with E-state index in [2.05, 4.69) is 11.0 Å². The summed E-state index contributed by atoms with van der Waals surface area (Å²) in [5, 5.41) is 9.98. The van der Waals surface area contributed by atoms with Gasteiger partial charge in [0, 0.05) is 18.7 Å². The molecule has 8 heteroatoms. The number of methoxy groups -OCH3 is 4. The number of ether oxygens (including phenoxy) is 5. The standard InChI is InChI=1S/C27H29N3O5/c1-30-14-18(10-16-6-8-21(31-2)23(11-16)33-4)26-20(15-30)25(19(13-28)27(29)35-26)17-7-9-22(32-3)24(12-17)34-5/h6-12,25H,14-15,29H2,1-5H3/b18-10-/t25-/m0/s1. The van der Waals surface area contributed by atoms with Crippen LogP contribution in [0.3, 0.4) is 0 Å². The second-order valence-corrected chi connectivity index (χ2v) is 8.35. The van der Waals surface area contributed by atoms with Gasteiger partial charge in [-0.2, -0.15) is 5.26 Å². The van der Waals surface area contributed by atoms with Crippen LogP contribution in [-0.4, -0.2) is 53.5 Å². The Kier molecular flexibility index (Phi) is 6.90. The predicted octanol–water partition coefficient (Wildman–Crippen LogP) is 3.81. The number of likely N-dealkylation sites (N-methyl/N-ethyl adjacent to an activating group) is 1. The molecule has 0 amide bonds. The van der Waals surface area contributed by atoms with Gasteiger partial charge in [-0.15, -0.1) is 0 Å². The molecule has 8 nitrogen and oxygen atoms in total. The Balaban J connectivity index is 1.85. The van der Waals surface area contributed by atoms with Crippen molar-refractivity contribution in [3.05, 3.63) is 75.9 Å². The van der Waals surface area contributed by atoms with Crippen LogP contribution in [0, 0.1) is 11.3 Å². The summed E-state index contributed by atoms with van der Waals surface area (Å²) in [6.07, 6.45) is 2.04. The summed E-state index contributed by atoms with van der Waals surface area (Å²) in [5.74, 6) is 2.91. The average molecular weight is 476 g/mol. The van der Waals surface area contributed by atoms with E-state index in [9.17, 15) is 5.26 Å². The van der Waals surface area contributed by atoms with Gasteiger partial charge < -0.3 is 29.4 Å². The second kappa shape index (κ2) is 10.0. The topological polar surface area (TPSA) is 99.2 Å². The van der Waals surface area contributed by atoms with Gasteiger partial charge in [-0.05, 0) is 54.1 Å². The molecule has 2 heterocycles. The molecule has 0 fully saturated rings. The van der Waals surface area contributed by atoms with E-state index in [0.717, 1.165) is 22.3 Å². The smallest absolute Gasteiger partial charge is 0.205 e. The summed E-state index contributed by atoms with van der Waals surface area (Å²) < 4.78 is 27.8. The van der Waals surface area contributed by atoms with E-state index in [0.29, 0.717) is 47.4 Å². The van der Waals surface area contributed by atoms with Crippen molar-refractivity contribution in [3.8, 4) is 29.1 Å². The Morgan fingerprint density at radius 3 is 2.20 bits per heavy atom. The number of nitrogens with zero attached hydrogens (tertiary/aromatic N) is 2. The summed E-state index contributed by atoms with van der Waals surface area (Å²) >= 11 is 0. The molecule has 0 saturated carbocycles. The normalized spacial score (nSPS) is 19.1. The van der Waals surface area contributed by atoms with Crippen molar-refractivity contribution in [1.82, 2.24) is 4.90 Å². The number of nitriles is 1. The number of allylic oxidation sites excluding steroid dienone is 1. The summed E-state index contributed by atoms with van der Waals surface area (Å²) in [4.78, 5) is 2.18. The van der Waals surface area contributed by atoms with Gasteiger partial charge in [0.25, 0.3) is 0 Å². The van der Waals surface area contributed by atoms with Crippen molar-refractivity contribution in [2.24, 2.45) is 5.73 Å². The lowest BCUT2D eigenvalue weighted by Gasteiger charge is -2.37. The van der Waals surface area contributed by atoms with Crippen molar-refractivity contribution in [2.75, 3.05) is 48.6 Å². The third kappa shape index (κ3) is 4.51. The molecule has 0 radical (unpaired) electrons. The number of benzene rings is 2. The van der Waals surface area contributed by atoms with Crippen LogP contribution in [0.5, 0.6) is 23.0 Å². The molecule has 1 atom stereocenters. The van der Waals surface area contributed by atoms with E-state index in [1.807, 2.05) is 49.5 Å². The van der Waals surface area contributed by atoms with Crippen LogP contribution in [0.15, 0.2) is 64.8 Å².